The smallest absolute Gasteiger partial charge is 0.148 e. The summed E-state index contributed by atoms with van der Waals surface area (Å²) in [5, 5.41) is 9.23. The predicted octanol–water partition coefficient (Wildman–Crippen LogP) is 0.605. The largest absolute Gasteiger partial charge is 0.395 e. The van der Waals surface area contributed by atoms with Crippen molar-refractivity contribution in [3.63, 3.8) is 0 Å². The van der Waals surface area contributed by atoms with Gasteiger partial charge in [-0.1, -0.05) is 6.07 Å². The number of ether oxygens (including phenoxy) is 1. The number of morpholine rings is 1. The maximum atomic E-state index is 13.3. The monoisotopic (exact) mass is 226 g/mol. The normalized spacial score (nSPS) is 21.1. The van der Waals surface area contributed by atoms with Crippen molar-refractivity contribution in [2.24, 2.45) is 0 Å². The summed E-state index contributed by atoms with van der Waals surface area (Å²) in [5.74, 6) is -0.430. The average Bonchev–Trinajstić information content (AvgIpc) is 2.33. The minimum atomic E-state index is -0.430. The van der Waals surface area contributed by atoms with Crippen LogP contribution in [0.25, 0.3) is 0 Å². The number of para-hydroxylation sites is 1. The summed E-state index contributed by atoms with van der Waals surface area (Å²) < 4.78 is 18.6. The molecule has 4 nitrogen and oxygen atoms in total. The first-order chi connectivity index (χ1) is 7.74. The van der Waals surface area contributed by atoms with Crippen LogP contribution in [0.3, 0.4) is 0 Å². The van der Waals surface area contributed by atoms with E-state index in [1.165, 1.54) is 6.07 Å². The van der Waals surface area contributed by atoms with Crippen molar-refractivity contribution in [1.82, 2.24) is 0 Å². The number of hydrogen-bond acceptors (Lipinski definition) is 4. The number of hydrogen-bond donors (Lipinski definition) is 2. The van der Waals surface area contributed by atoms with E-state index in [2.05, 4.69) is 0 Å². The molecule has 1 fully saturated rings. The van der Waals surface area contributed by atoms with Gasteiger partial charge in [0.2, 0.25) is 0 Å². The summed E-state index contributed by atoms with van der Waals surface area (Å²) in [6.45, 7) is 1.58. The number of nitrogen functional groups attached to an aromatic ring is 1. The third-order valence-electron chi connectivity index (χ3n) is 2.78. The Balaban J connectivity index is 2.30. The maximum Gasteiger partial charge on any atom is 0.148 e. The van der Waals surface area contributed by atoms with E-state index in [-0.39, 0.29) is 18.3 Å². The molecule has 1 aliphatic heterocycles. The fourth-order valence-electron chi connectivity index (χ4n) is 1.90. The molecule has 1 aromatic carbocycles. The molecule has 2 rings (SSSR count). The molecule has 0 spiro atoms. The number of halogens is 1. The van der Waals surface area contributed by atoms with Gasteiger partial charge in [0.15, 0.2) is 0 Å². The lowest BCUT2D eigenvalue weighted by Gasteiger charge is -2.36. The molecular weight excluding hydrogens is 211 g/mol. The van der Waals surface area contributed by atoms with Crippen molar-refractivity contribution in [3.8, 4) is 0 Å². The van der Waals surface area contributed by atoms with Crippen LogP contribution < -0.4 is 10.6 Å². The topological polar surface area (TPSA) is 58.7 Å². The Hall–Kier alpha value is -1.33. The second-order valence-electron chi connectivity index (χ2n) is 3.78. The van der Waals surface area contributed by atoms with Crippen LogP contribution in [-0.4, -0.2) is 37.5 Å². The van der Waals surface area contributed by atoms with Crippen LogP contribution >= 0.6 is 0 Å². The molecule has 16 heavy (non-hydrogen) atoms. The number of nitrogens with zero attached hydrogens (tertiary/aromatic N) is 1. The number of nitrogens with two attached hydrogens (primary N) is 1. The summed E-state index contributed by atoms with van der Waals surface area (Å²) in [7, 11) is 0. The number of anilines is 2. The molecule has 3 N–H and O–H groups in total. The van der Waals surface area contributed by atoms with E-state index >= 15 is 0 Å². The second-order valence-corrected chi connectivity index (χ2v) is 3.78. The molecule has 1 saturated heterocycles. The molecule has 5 heteroatoms. The van der Waals surface area contributed by atoms with E-state index in [9.17, 15) is 9.50 Å². The van der Waals surface area contributed by atoms with Gasteiger partial charge in [-0.25, -0.2) is 4.39 Å². The van der Waals surface area contributed by atoms with Gasteiger partial charge in [0.05, 0.1) is 37.2 Å². The molecule has 0 amide bonds. The first-order valence-electron chi connectivity index (χ1n) is 5.23. The highest BCUT2D eigenvalue weighted by Crippen LogP contribution is 2.28. The van der Waals surface area contributed by atoms with Crippen molar-refractivity contribution in [2.45, 2.75) is 6.04 Å². The van der Waals surface area contributed by atoms with E-state index in [4.69, 9.17) is 10.5 Å². The molecule has 1 aliphatic rings. The molecule has 88 valence electrons. The van der Waals surface area contributed by atoms with Gasteiger partial charge in [-0.05, 0) is 12.1 Å². The number of aliphatic hydroxyl groups excluding tert-OH is 1. The third kappa shape index (κ3) is 1.96. The Morgan fingerprint density at radius 3 is 3.12 bits per heavy atom. The Labute approximate surface area is 93.4 Å². The highest BCUT2D eigenvalue weighted by molar-refractivity contribution is 5.68. The van der Waals surface area contributed by atoms with E-state index in [0.29, 0.717) is 25.4 Å². The van der Waals surface area contributed by atoms with E-state index < -0.39 is 5.82 Å². The first-order valence-corrected chi connectivity index (χ1v) is 5.23. The summed E-state index contributed by atoms with van der Waals surface area (Å²) in [6.07, 6.45) is 0. The zero-order chi connectivity index (χ0) is 11.5. The van der Waals surface area contributed by atoms with Crippen molar-refractivity contribution >= 4 is 11.4 Å². The molecule has 0 aliphatic carbocycles. The van der Waals surface area contributed by atoms with Gasteiger partial charge in [-0.2, -0.15) is 0 Å². The van der Waals surface area contributed by atoms with Crippen molar-refractivity contribution in [1.29, 1.82) is 0 Å². The molecule has 1 aromatic rings. The van der Waals surface area contributed by atoms with Gasteiger partial charge < -0.3 is 20.5 Å². The molecule has 0 saturated carbocycles. The quantitative estimate of drug-likeness (QED) is 0.725. The molecule has 1 atom stereocenters. The lowest BCUT2D eigenvalue weighted by Crippen LogP contribution is -2.48. The van der Waals surface area contributed by atoms with E-state index in [1.54, 1.807) is 12.1 Å². The standard InChI is InChI=1S/C11H15FN2O2/c12-9-2-1-3-10(11(9)13)14-4-5-16-7-8(14)6-15/h1-3,8,15H,4-7,13H2. The van der Waals surface area contributed by atoms with Crippen LogP contribution in [0.4, 0.5) is 15.8 Å². The van der Waals surface area contributed by atoms with E-state index in [0.717, 1.165) is 0 Å². The van der Waals surface area contributed by atoms with Crippen LogP contribution in [0.2, 0.25) is 0 Å². The lowest BCUT2D eigenvalue weighted by atomic mass is 10.1. The van der Waals surface area contributed by atoms with Crippen molar-refractivity contribution < 1.29 is 14.2 Å². The van der Waals surface area contributed by atoms with Crippen LogP contribution in [0, 0.1) is 5.82 Å². The zero-order valence-electron chi connectivity index (χ0n) is 8.90. The minimum absolute atomic E-state index is 0.0318. The molecule has 0 aromatic heterocycles. The van der Waals surface area contributed by atoms with Gasteiger partial charge in [-0.3, -0.25) is 0 Å². The SMILES string of the molecule is Nc1c(F)cccc1N1CCOCC1CO. The van der Waals surface area contributed by atoms with E-state index in [1.807, 2.05) is 4.90 Å². The third-order valence-corrected chi connectivity index (χ3v) is 2.78. The highest BCUT2D eigenvalue weighted by Gasteiger charge is 2.24. The first kappa shape index (κ1) is 11.2. The Bertz CT molecular complexity index is 373. The maximum absolute atomic E-state index is 13.3. The van der Waals surface area contributed by atoms with Crippen molar-refractivity contribution in [2.75, 3.05) is 37.0 Å². The number of rotatable bonds is 2. The molecule has 0 radical (unpaired) electrons. The summed E-state index contributed by atoms with van der Waals surface area (Å²) >= 11 is 0. The fourth-order valence-corrected chi connectivity index (χ4v) is 1.90. The molecule has 0 bridgehead atoms. The predicted molar refractivity (Wildman–Crippen MR) is 59.9 cm³/mol. The number of benzene rings is 1. The Morgan fingerprint density at radius 2 is 2.38 bits per heavy atom. The Kier molecular flexibility index (Phi) is 3.26. The number of aliphatic hydroxyl groups is 1. The fraction of sp³-hybridized carbons (Fsp3) is 0.455. The van der Waals surface area contributed by atoms with Crippen molar-refractivity contribution in [3.05, 3.63) is 24.0 Å². The average molecular weight is 226 g/mol. The highest BCUT2D eigenvalue weighted by atomic mass is 19.1. The van der Waals surface area contributed by atoms with Crippen LogP contribution in [0.5, 0.6) is 0 Å². The summed E-state index contributed by atoms with van der Waals surface area (Å²) in [6, 6.07) is 4.54. The van der Waals surface area contributed by atoms with Gasteiger partial charge in [-0.15, -0.1) is 0 Å². The minimum Gasteiger partial charge on any atom is -0.395 e. The van der Waals surface area contributed by atoms with Crippen LogP contribution in [0.15, 0.2) is 18.2 Å². The van der Waals surface area contributed by atoms with Gasteiger partial charge in [0.25, 0.3) is 0 Å². The molecule has 1 unspecified atom stereocenters. The molecule has 1 heterocycles. The zero-order valence-corrected chi connectivity index (χ0v) is 8.90. The van der Waals surface area contributed by atoms with Gasteiger partial charge in [0.1, 0.15) is 5.82 Å². The molecular formula is C11H15FN2O2. The lowest BCUT2D eigenvalue weighted by molar-refractivity contribution is 0.0727. The van der Waals surface area contributed by atoms with Crippen LogP contribution in [0.1, 0.15) is 0 Å². The second kappa shape index (κ2) is 4.67. The summed E-state index contributed by atoms with van der Waals surface area (Å²) in [4.78, 5) is 1.89. The van der Waals surface area contributed by atoms with Crippen LogP contribution in [-0.2, 0) is 4.74 Å². The Morgan fingerprint density at radius 1 is 1.56 bits per heavy atom. The van der Waals surface area contributed by atoms with Gasteiger partial charge in [0, 0.05) is 6.54 Å². The van der Waals surface area contributed by atoms with Gasteiger partial charge >= 0.3 is 0 Å². The summed E-state index contributed by atoms with van der Waals surface area (Å²) in [5.41, 5.74) is 6.45.